The Hall–Kier alpha value is -1.91. The second-order valence-corrected chi connectivity index (χ2v) is 4.76. The molecular formula is C17H20FNO2. The fraction of sp³-hybridized carbons (Fsp3) is 0.294. The molecule has 0 amide bonds. The van der Waals surface area contributed by atoms with E-state index in [1.165, 1.54) is 6.07 Å². The number of aliphatic hydroxyl groups excluding tert-OH is 1. The average molecular weight is 289 g/mol. The Balaban J connectivity index is 1.86. The first-order chi connectivity index (χ1) is 10.2. The molecule has 0 saturated carbocycles. The maximum Gasteiger partial charge on any atom is 0.128 e. The third kappa shape index (κ3) is 4.55. The summed E-state index contributed by atoms with van der Waals surface area (Å²) in [5, 5.41) is 12.3. The van der Waals surface area contributed by atoms with Crippen molar-refractivity contribution < 1.29 is 14.2 Å². The molecule has 0 unspecified atom stereocenters. The second kappa shape index (κ2) is 7.76. The van der Waals surface area contributed by atoms with E-state index in [1.807, 2.05) is 31.2 Å². The molecule has 2 N–H and O–H groups in total. The lowest BCUT2D eigenvalue weighted by Gasteiger charge is -2.08. The number of nitrogens with one attached hydrogen (secondary N) is 1. The lowest BCUT2D eigenvalue weighted by molar-refractivity contribution is 0.275. The third-order valence-electron chi connectivity index (χ3n) is 3.17. The van der Waals surface area contributed by atoms with Crippen LogP contribution in [-0.2, 0) is 19.7 Å². The number of ether oxygens (including phenoxy) is 1. The van der Waals surface area contributed by atoms with E-state index >= 15 is 0 Å². The molecule has 0 aliphatic heterocycles. The van der Waals surface area contributed by atoms with Gasteiger partial charge in [-0.15, -0.1) is 0 Å². The van der Waals surface area contributed by atoms with Crippen LogP contribution in [0.25, 0.3) is 0 Å². The Kier molecular flexibility index (Phi) is 5.72. The van der Waals surface area contributed by atoms with Crippen LogP contribution in [0, 0.1) is 5.82 Å². The first kappa shape index (κ1) is 15.5. The standard InChI is InChI=1S/C17H20FNO2/c1-2-21-16-6-3-13(4-7-16)10-19-11-14-5-8-17(18)15(9-14)12-20/h3-9,19-20H,2,10-12H2,1H3. The van der Waals surface area contributed by atoms with Gasteiger partial charge in [0, 0.05) is 18.7 Å². The predicted molar refractivity (Wildman–Crippen MR) is 80.5 cm³/mol. The molecule has 0 saturated heterocycles. The first-order valence-corrected chi connectivity index (χ1v) is 7.03. The van der Waals surface area contributed by atoms with Gasteiger partial charge in [0.1, 0.15) is 11.6 Å². The highest BCUT2D eigenvalue weighted by molar-refractivity contribution is 5.27. The van der Waals surface area contributed by atoms with Crippen molar-refractivity contribution in [3.63, 3.8) is 0 Å². The summed E-state index contributed by atoms with van der Waals surface area (Å²) in [4.78, 5) is 0. The smallest absolute Gasteiger partial charge is 0.128 e. The fourth-order valence-corrected chi connectivity index (χ4v) is 2.08. The van der Waals surface area contributed by atoms with Crippen molar-refractivity contribution in [3.05, 3.63) is 65.0 Å². The molecule has 0 aliphatic carbocycles. The van der Waals surface area contributed by atoms with Gasteiger partial charge >= 0.3 is 0 Å². The molecule has 2 aromatic carbocycles. The summed E-state index contributed by atoms with van der Waals surface area (Å²) in [6, 6.07) is 12.7. The van der Waals surface area contributed by atoms with Gasteiger partial charge in [-0.1, -0.05) is 18.2 Å². The van der Waals surface area contributed by atoms with Crippen molar-refractivity contribution in [2.24, 2.45) is 0 Å². The quantitative estimate of drug-likeness (QED) is 0.823. The van der Waals surface area contributed by atoms with E-state index in [1.54, 1.807) is 12.1 Å². The fourth-order valence-electron chi connectivity index (χ4n) is 2.08. The molecule has 112 valence electrons. The highest BCUT2D eigenvalue weighted by Gasteiger charge is 2.02. The molecule has 2 aromatic rings. The molecule has 2 rings (SSSR count). The van der Waals surface area contributed by atoms with E-state index in [4.69, 9.17) is 9.84 Å². The number of hydrogen-bond acceptors (Lipinski definition) is 3. The summed E-state index contributed by atoms with van der Waals surface area (Å²) in [5.41, 5.74) is 2.43. The van der Waals surface area contributed by atoms with Crippen LogP contribution in [0.1, 0.15) is 23.6 Å². The lowest BCUT2D eigenvalue weighted by atomic mass is 10.1. The van der Waals surface area contributed by atoms with E-state index in [0.717, 1.165) is 23.4 Å². The summed E-state index contributed by atoms with van der Waals surface area (Å²) in [6.07, 6.45) is 0. The molecular weight excluding hydrogens is 269 g/mol. The van der Waals surface area contributed by atoms with Crippen LogP contribution < -0.4 is 10.1 Å². The minimum Gasteiger partial charge on any atom is -0.494 e. The lowest BCUT2D eigenvalue weighted by Crippen LogP contribution is -2.13. The Morgan fingerprint density at radius 2 is 1.71 bits per heavy atom. The number of benzene rings is 2. The van der Waals surface area contributed by atoms with Crippen LogP contribution in [0.15, 0.2) is 42.5 Å². The van der Waals surface area contributed by atoms with Crippen LogP contribution in [0.4, 0.5) is 4.39 Å². The Morgan fingerprint density at radius 3 is 2.38 bits per heavy atom. The van der Waals surface area contributed by atoms with Crippen LogP contribution in [0.5, 0.6) is 5.75 Å². The van der Waals surface area contributed by atoms with Crippen molar-refractivity contribution >= 4 is 0 Å². The van der Waals surface area contributed by atoms with Crippen LogP contribution in [-0.4, -0.2) is 11.7 Å². The van der Waals surface area contributed by atoms with Gasteiger partial charge in [-0.2, -0.15) is 0 Å². The van der Waals surface area contributed by atoms with Crippen molar-refractivity contribution in [2.75, 3.05) is 6.61 Å². The molecule has 0 aliphatic rings. The molecule has 3 nitrogen and oxygen atoms in total. The maximum absolute atomic E-state index is 13.3. The van der Waals surface area contributed by atoms with Gasteiger partial charge in [-0.05, 0) is 42.3 Å². The van der Waals surface area contributed by atoms with Gasteiger partial charge < -0.3 is 15.2 Å². The van der Waals surface area contributed by atoms with E-state index in [2.05, 4.69) is 5.32 Å². The first-order valence-electron chi connectivity index (χ1n) is 7.03. The van der Waals surface area contributed by atoms with Crippen molar-refractivity contribution in [3.8, 4) is 5.75 Å². The minimum absolute atomic E-state index is 0.279. The molecule has 0 bridgehead atoms. The van der Waals surface area contributed by atoms with E-state index < -0.39 is 0 Å². The average Bonchev–Trinajstić information content (AvgIpc) is 2.51. The number of hydrogen-bond donors (Lipinski definition) is 2. The molecule has 0 atom stereocenters. The molecule has 0 aromatic heterocycles. The largest absolute Gasteiger partial charge is 0.494 e. The molecule has 0 spiro atoms. The summed E-state index contributed by atoms with van der Waals surface area (Å²) >= 11 is 0. The van der Waals surface area contributed by atoms with Crippen molar-refractivity contribution in [2.45, 2.75) is 26.6 Å². The van der Waals surface area contributed by atoms with E-state index in [0.29, 0.717) is 18.7 Å². The van der Waals surface area contributed by atoms with E-state index in [9.17, 15) is 4.39 Å². The SMILES string of the molecule is CCOc1ccc(CNCc2ccc(F)c(CO)c2)cc1. The minimum atomic E-state index is -0.368. The zero-order valence-corrected chi connectivity index (χ0v) is 12.1. The van der Waals surface area contributed by atoms with Gasteiger partial charge in [-0.25, -0.2) is 4.39 Å². The predicted octanol–water partition coefficient (Wildman–Crippen LogP) is 3.01. The summed E-state index contributed by atoms with van der Waals surface area (Å²) in [6.45, 7) is 3.69. The molecule has 0 radical (unpaired) electrons. The number of halogens is 1. The summed E-state index contributed by atoms with van der Waals surface area (Å²) in [7, 11) is 0. The molecule has 21 heavy (non-hydrogen) atoms. The van der Waals surface area contributed by atoms with Gasteiger partial charge in [0.15, 0.2) is 0 Å². The maximum atomic E-state index is 13.3. The van der Waals surface area contributed by atoms with Crippen LogP contribution in [0.2, 0.25) is 0 Å². The Morgan fingerprint density at radius 1 is 1.05 bits per heavy atom. The highest BCUT2D eigenvalue weighted by Crippen LogP contribution is 2.13. The molecule has 0 fully saturated rings. The summed E-state index contributed by atoms with van der Waals surface area (Å²) in [5.74, 6) is 0.500. The Bertz CT molecular complexity index is 570. The molecule has 0 heterocycles. The van der Waals surface area contributed by atoms with Gasteiger partial charge in [0.2, 0.25) is 0 Å². The summed E-state index contributed by atoms with van der Waals surface area (Å²) < 4.78 is 18.7. The zero-order chi connectivity index (χ0) is 15.1. The highest BCUT2D eigenvalue weighted by atomic mass is 19.1. The van der Waals surface area contributed by atoms with Gasteiger partial charge in [0.05, 0.1) is 13.2 Å². The van der Waals surface area contributed by atoms with Crippen LogP contribution >= 0.6 is 0 Å². The molecule has 4 heteroatoms. The normalized spacial score (nSPS) is 10.6. The zero-order valence-electron chi connectivity index (χ0n) is 12.1. The Labute approximate surface area is 124 Å². The monoisotopic (exact) mass is 289 g/mol. The topological polar surface area (TPSA) is 41.5 Å². The van der Waals surface area contributed by atoms with Gasteiger partial charge in [0.25, 0.3) is 0 Å². The second-order valence-electron chi connectivity index (χ2n) is 4.76. The van der Waals surface area contributed by atoms with Crippen LogP contribution in [0.3, 0.4) is 0 Å². The van der Waals surface area contributed by atoms with E-state index in [-0.39, 0.29) is 12.4 Å². The van der Waals surface area contributed by atoms with Gasteiger partial charge in [-0.3, -0.25) is 0 Å². The van der Waals surface area contributed by atoms with Crippen molar-refractivity contribution in [1.82, 2.24) is 5.32 Å². The van der Waals surface area contributed by atoms with Crippen molar-refractivity contribution in [1.29, 1.82) is 0 Å². The number of rotatable bonds is 7. The third-order valence-corrected chi connectivity index (χ3v) is 3.17. The number of aliphatic hydroxyl groups is 1.